The lowest BCUT2D eigenvalue weighted by Crippen LogP contribution is -1.95. The fourth-order valence-corrected chi connectivity index (χ4v) is 6.48. The molecule has 9 aromatic rings. The number of aromatic nitrogens is 2. The molecule has 2 aromatic heterocycles. The van der Waals surface area contributed by atoms with Gasteiger partial charge >= 0.3 is 0 Å². The maximum atomic E-state index is 6.18. The minimum atomic E-state index is 0.708. The summed E-state index contributed by atoms with van der Waals surface area (Å²) in [4.78, 5) is 10.3. The van der Waals surface area contributed by atoms with Crippen LogP contribution in [0.2, 0.25) is 0 Å². The highest BCUT2D eigenvalue weighted by molar-refractivity contribution is 6.12. The van der Waals surface area contributed by atoms with Crippen LogP contribution in [0, 0.1) is 0 Å². The Balaban J connectivity index is 1.20. The van der Waals surface area contributed by atoms with Crippen LogP contribution in [0.5, 0.6) is 0 Å². The van der Waals surface area contributed by atoms with E-state index in [4.69, 9.17) is 14.4 Å². The number of fused-ring (bicyclic) bond motifs is 5. The molecule has 0 amide bonds. The van der Waals surface area contributed by atoms with Gasteiger partial charge in [0.05, 0.1) is 11.2 Å². The zero-order valence-corrected chi connectivity index (χ0v) is 24.3. The standard InChI is InChI=1S/C42H26N2O/c1-2-11-27(12-3-1)28-13-8-16-31(23-28)41-35-19-4-6-21-38(35)43-42(44-41)32-17-9-14-29(24-32)33-20-10-15-30-25-40-37(26-36(30)33)34-18-5-7-22-39(34)45-40/h1-26H. The van der Waals surface area contributed by atoms with Gasteiger partial charge in [0.25, 0.3) is 0 Å². The molecule has 45 heavy (non-hydrogen) atoms. The van der Waals surface area contributed by atoms with E-state index in [2.05, 4.69) is 133 Å². The Morgan fingerprint density at radius 1 is 0.378 bits per heavy atom. The largest absolute Gasteiger partial charge is 0.456 e. The molecule has 0 spiro atoms. The van der Waals surface area contributed by atoms with Gasteiger partial charge in [0, 0.05) is 27.3 Å². The number of hydrogen-bond donors (Lipinski definition) is 0. The molecule has 210 valence electrons. The van der Waals surface area contributed by atoms with Gasteiger partial charge in [0.1, 0.15) is 11.2 Å². The smallest absolute Gasteiger partial charge is 0.160 e. The molecule has 9 rings (SSSR count). The molecule has 0 atom stereocenters. The van der Waals surface area contributed by atoms with Crippen molar-refractivity contribution in [2.24, 2.45) is 0 Å². The summed E-state index contributed by atoms with van der Waals surface area (Å²) in [5, 5.41) is 5.62. The average Bonchev–Trinajstić information content (AvgIpc) is 3.48. The van der Waals surface area contributed by atoms with E-state index in [0.717, 1.165) is 71.7 Å². The van der Waals surface area contributed by atoms with Gasteiger partial charge in [0.15, 0.2) is 5.82 Å². The van der Waals surface area contributed by atoms with E-state index in [1.54, 1.807) is 0 Å². The van der Waals surface area contributed by atoms with Crippen LogP contribution in [0.15, 0.2) is 162 Å². The minimum absolute atomic E-state index is 0.708. The number of benzene rings is 7. The van der Waals surface area contributed by atoms with Gasteiger partial charge in [-0.2, -0.15) is 0 Å². The number of para-hydroxylation sites is 2. The van der Waals surface area contributed by atoms with Gasteiger partial charge in [0.2, 0.25) is 0 Å². The zero-order chi connectivity index (χ0) is 29.7. The monoisotopic (exact) mass is 574 g/mol. The highest BCUT2D eigenvalue weighted by atomic mass is 16.3. The van der Waals surface area contributed by atoms with Crippen molar-refractivity contribution >= 4 is 43.6 Å². The van der Waals surface area contributed by atoms with Crippen LogP contribution in [0.25, 0.3) is 88.5 Å². The maximum absolute atomic E-state index is 6.18. The van der Waals surface area contributed by atoms with Crippen LogP contribution in [0.1, 0.15) is 0 Å². The van der Waals surface area contributed by atoms with Crippen LogP contribution < -0.4 is 0 Å². The van der Waals surface area contributed by atoms with Crippen LogP contribution >= 0.6 is 0 Å². The van der Waals surface area contributed by atoms with Crippen molar-refractivity contribution in [2.45, 2.75) is 0 Å². The van der Waals surface area contributed by atoms with Gasteiger partial charge in [-0.25, -0.2) is 9.97 Å². The first kappa shape index (κ1) is 25.4. The fraction of sp³-hybridized carbons (Fsp3) is 0. The van der Waals surface area contributed by atoms with Crippen LogP contribution in [-0.2, 0) is 0 Å². The molecule has 0 aliphatic heterocycles. The summed E-state index contributed by atoms with van der Waals surface area (Å²) in [5.41, 5.74) is 10.3. The van der Waals surface area contributed by atoms with Crippen molar-refractivity contribution < 1.29 is 4.42 Å². The zero-order valence-electron chi connectivity index (χ0n) is 24.3. The molecule has 0 bridgehead atoms. The maximum Gasteiger partial charge on any atom is 0.160 e. The third-order valence-corrected chi connectivity index (χ3v) is 8.66. The normalized spacial score (nSPS) is 11.6. The van der Waals surface area contributed by atoms with E-state index in [9.17, 15) is 0 Å². The molecule has 0 unspecified atom stereocenters. The predicted molar refractivity (Wildman–Crippen MR) is 186 cm³/mol. The van der Waals surface area contributed by atoms with Crippen molar-refractivity contribution in [3.8, 4) is 44.9 Å². The molecular weight excluding hydrogens is 548 g/mol. The predicted octanol–water partition coefficient (Wildman–Crippen LogP) is 11.4. The highest BCUT2D eigenvalue weighted by Gasteiger charge is 2.15. The summed E-state index contributed by atoms with van der Waals surface area (Å²) in [7, 11) is 0. The summed E-state index contributed by atoms with van der Waals surface area (Å²) < 4.78 is 6.18. The van der Waals surface area contributed by atoms with E-state index < -0.39 is 0 Å². The molecule has 0 fully saturated rings. The number of nitrogens with zero attached hydrogens (tertiary/aromatic N) is 2. The number of furan rings is 1. The Morgan fingerprint density at radius 2 is 1.07 bits per heavy atom. The second-order valence-electron chi connectivity index (χ2n) is 11.4. The van der Waals surface area contributed by atoms with E-state index in [-0.39, 0.29) is 0 Å². The quantitative estimate of drug-likeness (QED) is 0.210. The van der Waals surface area contributed by atoms with Crippen LogP contribution in [0.4, 0.5) is 0 Å². The number of rotatable bonds is 4. The first-order valence-electron chi connectivity index (χ1n) is 15.2. The molecule has 0 saturated carbocycles. The molecule has 3 heteroatoms. The SMILES string of the molecule is c1ccc(-c2cccc(-c3nc(-c4cccc(-c5cccc6cc7oc8ccccc8c7cc56)c4)nc4ccccc34)c2)cc1. The molecule has 0 aliphatic rings. The van der Waals surface area contributed by atoms with Crippen LogP contribution in [0.3, 0.4) is 0 Å². The van der Waals surface area contributed by atoms with Crippen LogP contribution in [-0.4, -0.2) is 9.97 Å². The van der Waals surface area contributed by atoms with Gasteiger partial charge in [-0.3, -0.25) is 0 Å². The van der Waals surface area contributed by atoms with Gasteiger partial charge in [-0.15, -0.1) is 0 Å². The number of hydrogen-bond acceptors (Lipinski definition) is 3. The van der Waals surface area contributed by atoms with E-state index >= 15 is 0 Å². The van der Waals surface area contributed by atoms with E-state index in [1.807, 2.05) is 24.3 Å². The molecule has 3 nitrogen and oxygen atoms in total. The van der Waals surface area contributed by atoms with Crippen molar-refractivity contribution in [1.82, 2.24) is 9.97 Å². The van der Waals surface area contributed by atoms with E-state index in [1.165, 1.54) is 10.9 Å². The summed E-state index contributed by atoms with van der Waals surface area (Å²) in [6, 6.07) is 55.0. The Labute approximate surface area is 260 Å². The molecule has 7 aromatic carbocycles. The van der Waals surface area contributed by atoms with Crippen molar-refractivity contribution in [3.05, 3.63) is 158 Å². The first-order chi connectivity index (χ1) is 22.3. The fourth-order valence-electron chi connectivity index (χ4n) is 6.48. The minimum Gasteiger partial charge on any atom is -0.456 e. The topological polar surface area (TPSA) is 38.9 Å². The summed E-state index contributed by atoms with van der Waals surface area (Å²) >= 11 is 0. The molecule has 0 N–H and O–H groups in total. The Kier molecular flexibility index (Phi) is 5.82. The highest BCUT2D eigenvalue weighted by Crippen LogP contribution is 2.38. The lowest BCUT2D eigenvalue weighted by molar-refractivity contribution is 0.669. The first-order valence-corrected chi connectivity index (χ1v) is 15.2. The second kappa shape index (κ2) is 10.3. The Bertz CT molecular complexity index is 2550. The lowest BCUT2D eigenvalue weighted by Gasteiger charge is -2.12. The second-order valence-corrected chi connectivity index (χ2v) is 11.4. The molecular formula is C42H26N2O. The summed E-state index contributed by atoms with van der Waals surface area (Å²) in [6.45, 7) is 0. The van der Waals surface area contributed by atoms with Crippen molar-refractivity contribution in [1.29, 1.82) is 0 Å². The van der Waals surface area contributed by atoms with Crippen molar-refractivity contribution in [2.75, 3.05) is 0 Å². The molecule has 0 radical (unpaired) electrons. The van der Waals surface area contributed by atoms with E-state index in [0.29, 0.717) is 5.82 Å². The average molecular weight is 575 g/mol. The Hall–Kier alpha value is -6.06. The molecule has 2 heterocycles. The van der Waals surface area contributed by atoms with Gasteiger partial charge in [-0.1, -0.05) is 121 Å². The van der Waals surface area contributed by atoms with Crippen molar-refractivity contribution in [3.63, 3.8) is 0 Å². The lowest BCUT2D eigenvalue weighted by atomic mass is 9.95. The molecule has 0 saturated heterocycles. The van der Waals surface area contributed by atoms with Gasteiger partial charge < -0.3 is 4.42 Å². The summed E-state index contributed by atoms with van der Waals surface area (Å²) in [5.74, 6) is 0.708. The van der Waals surface area contributed by atoms with Gasteiger partial charge in [-0.05, 0) is 69.4 Å². The Morgan fingerprint density at radius 3 is 1.98 bits per heavy atom. The third-order valence-electron chi connectivity index (χ3n) is 8.66. The molecule has 0 aliphatic carbocycles. The third kappa shape index (κ3) is 4.37. The summed E-state index contributed by atoms with van der Waals surface area (Å²) in [6.07, 6.45) is 0.